The standard InChI is InChI=1S/C24H19NO5.H4NO2P/c26-16-21-14-18(15-25-21)8-7-13-22(30-24(28)20-11-5-2-6-12-20)17-29-23(27)19-9-3-1-4-10-19;1-4(2)3/h1-6,9-12,14-16,22,25H,13,17H2;2-3H,1H2/t22-;/m0./s1. The number of hydrogen-bond donors (Lipinski definition) is 4. The summed E-state index contributed by atoms with van der Waals surface area (Å²) in [5, 5.41) is 0. The lowest BCUT2D eigenvalue weighted by Gasteiger charge is -2.16. The molecular weight excluding hydrogens is 459 g/mol. The Bertz CT molecular complexity index is 1120. The molecule has 0 saturated carbocycles. The Balaban J connectivity index is 0.000000945. The fraction of sp³-hybridized carbons (Fsp3) is 0.125. The molecular formula is C24H23N2O7P. The molecule has 1 aromatic heterocycles. The Morgan fingerprint density at radius 1 is 1.03 bits per heavy atom. The summed E-state index contributed by atoms with van der Waals surface area (Å²) in [6.45, 7) is -0.131. The van der Waals surface area contributed by atoms with Gasteiger partial charge in [-0.1, -0.05) is 48.2 Å². The van der Waals surface area contributed by atoms with Crippen LogP contribution in [-0.2, 0) is 9.47 Å². The van der Waals surface area contributed by atoms with Crippen molar-refractivity contribution in [3.63, 3.8) is 0 Å². The van der Waals surface area contributed by atoms with Gasteiger partial charge < -0.3 is 24.2 Å². The van der Waals surface area contributed by atoms with E-state index in [1.165, 1.54) is 0 Å². The first kappa shape index (κ1) is 26.5. The number of carbonyl (C=O) groups is 3. The van der Waals surface area contributed by atoms with Crippen molar-refractivity contribution in [3.8, 4) is 11.8 Å². The molecule has 0 aliphatic carbocycles. The lowest BCUT2D eigenvalue weighted by molar-refractivity contribution is 0.000890. The zero-order valence-electron chi connectivity index (χ0n) is 18.0. The first-order valence-corrected chi connectivity index (χ1v) is 11.2. The number of esters is 2. The van der Waals surface area contributed by atoms with Crippen LogP contribution in [0.5, 0.6) is 0 Å². The van der Waals surface area contributed by atoms with Gasteiger partial charge in [0.25, 0.3) is 0 Å². The Hall–Kier alpha value is -3.80. The van der Waals surface area contributed by atoms with Crippen LogP contribution in [0.3, 0.4) is 0 Å². The molecule has 1 atom stereocenters. The molecule has 0 amide bonds. The van der Waals surface area contributed by atoms with Gasteiger partial charge in [-0.05, 0) is 30.3 Å². The highest BCUT2D eigenvalue weighted by Crippen LogP contribution is 2.09. The van der Waals surface area contributed by atoms with Gasteiger partial charge in [-0.15, -0.1) is 0 Å². The molecule has 3 aromatic rings. The molecule has 176 valence electrons. The van der Waals surface area contributed by atoms with Gasteiger partial charge in [0.05, 0.1) is 16.8 Å². The molecule has 10 heteroatoms. The molecule has 3 rings (SSSR count). The summed E-state index contributed by atoms with van der Waals surface area (Å²) in [5.74, 6) is 4.76. The molecule has 0 aliphatic rings. The van der Waals surface area contributed by atoms with E-state index in [2.05, 4.69) is 22.3 Å². The number of hydrogen-bond acceptors (Lipinski definition) is 8. The maximum atomic E-state index is 12.4. The van der Waals surface area contributed by atoms with Crippen molar-refractivity contribution in [2.75, 3.05) is 6.61 Å². The molecule has 9 nitrogen and oxygen atoms in total. The molecule has 0 aliphatic heterocycles. The van der Waals surface area contributed by atoms with Gasteiger partial charge in [-0.3, -0.25) is 10.3 Å². The van der Waals surface area contributed by atoms with E-state index in [-0.39, 0.29) is 13.0 Å². The summed E-state index contributed by atoms with van der Waals surface area (Å²) in [4.78, 5) is 53.0. The second-order valence-electron chi connectivity index (χ2n) is 6.65. The average molecular weight is 482 g/mol. The summed E-state index contributed by atoms with van der Waals surface area (Å²) < 4.78 is 10.8. The second-order valence-corrected chi connectivity index (χ2v) is 7.29. The van der Waals surface area contributed by atoms with Crippen molar-refractivity contribution in [2.24, 2.45) is 5.50 Å². The molecule has 0 bridgehead atoms. The van der Waals surface area contributed by atoms with Crippen LogP contribution in [0.4, 0.5) is 0 Å². The number of rotatable bonds is 7. The smallest absolute Gasteiger partial charge is 0.338 e. The van der Waals surface area contributed by atoms with Crippen molar-refractivity contribution in [1.29, 1.82) is 0 Å². The normalized spacial score (nSPS) is 10.7. The molecule has 0 saturated heterocycles. The van der Waals surface area contributed by atoms with Crippen molar-refractivity contribution in [1.82, 2.24) is 4.98 Å². The minimum absolute atomic E-state index is 0.131. The Morgan fingerprint density at radius 2 is 1.59 bits per heavy atom. The summed E-state index contributed by atoms with van der Waals surface area (Å²) >= 11 is 0. The Kier molecular flexibility index (Phi) is 11.2. The summed E-state index contributed by atoms with van der Waals surface area (Å²) in [5.41, 5.74) is 6.14. The lowest BCUT2D eigenvalue weighted by Crippen LogP contribution is -2.25. The van der Waals surface area contributed by atoms with Crippen molar-refractivity contribution in [3.05, 3.63) is 95.3 Å². The minimum atomic E-state index is -2.12. The molecule has 0 unspecified atom stereocenters. The number of benzene rings is 2. The fourth-order valence-corrected chi connectivity index (χ4v) is 2.57. The number of ether oxygens (including phenoxy) is 2. The van der Waals surface area contributed by atoms with Crippen LogP contribution < -0.4 is 5.50 Å². The van der Waals surface area contributed by atoms with Crippen molar-refractivity contribution in [2.45, 2.75) is 12.5 Å². The predicted octanol–water partition coefficient (Wildman–Crippen LogP) is 2.81. The van der Waals surface area contributed by atoms with E-state index in [1.54, 1.807) is 72.9 Å². The molecule has 5 N–H and O–H groups in total. The lowest BCUT2D eigenvalue weighted by atomic mass is 10.2. The van der Waals surface area contributed by atoms with Gasteiger partial charge >= 0.3 is 11.9 Å². The molecule has 0 radical (unpaired) electrons. The van der Waals surface area contributed by atoms with E-state index in [4.69, 9.17) is 19.3 Å². The molecule has 2 aromatic carbocycles. The number of carbonyl (C=O) groups excluding carboxylic acids is 3. The summed E-state index contributed by atoms with van der Waals surface area (Å²) in [7, 11) is -2.12. The summed E-state index contributed by atoms with van der Waals surface area (Å²) in [6, 6.07) is 18.7. The third-order valence-electron chi connectivity index (χ3n) is 4.09. The van der Waals surface area contributed by atoms with Crippen LogP contribution in [-0.4, -0.2) is 45.7 Å². The van der Waals surface area contributed by atoms with Gasteiger partial charge in [0.15, 0.2) is 6.29 Å². The zero-order valence-corrected chi connectivity index (χ0v) is 18.9. The second kappa shape index (κ2) is 14.4. The predicted molar refractivity (Wildman–Crippen MR) is 126 cm³/mol. The highest BCUT2D eigenvalue weighted by atomic mass is 31.2. The average Bonchev–Trinajstić information content (AvgIpc) is 3.31. The minimum Gasteiger partial charge on any atom is -0.458 e. The van der Waals surface area contributed by atoms with E-state index in [0.29, 0.717) is 28.7 Å². The Morgan fingerprint density at radius 3 is 2.12 bits per heavy atom. The zero-order chi connectivity index (χ0) is 24.8. The maximum absolute atomic E-state index is 12.4. The third kappa shape index (κ3) is 9.77. The number of nitrogens with two attached hydrogens (primary N) is 1. The number of nitrogens with one attached hydrogen (secondary N) is 1. The summed E-state index contributed by atoms with van der Waals surface area (Å²) in [6.07, 6.45) is 1.71. The van der Waals surface area contributed by atoms with Crippen LogP contribution in [0.1, 0.15) is 43.2 Å². The molecule has 0 fully saturated rings. The fourth-order valence-electron chi connectivity index (χ4n) is 2.57. The highest BCUT2D eigenvalue weighted by molar-refractivity contribution is 7.42. The Labute approximate surface area is 197 Å². The van der Waals surface area contributed by atoms with E-state index in [0.717, 1.165) is 0 Å². The quantitative estimate of drug-likeness (QED) is 0.174. The number of aromatic amines is 1. The van der Waals surface area contributed by atoms with Crippen LogP contribution in [0.25, 0.3) is 0 Å². The highest BCUT2D eigenvalue weighted by Gasteiger charge is 2.18. The number of H-pyrrole nitrogens is 1. The maximum Gasteiger partial charge on any atom is 0.338 e. The van der Waals surface area contributed by atoms with E-state index in [1.807, 2.05) is 0 Å². The van der Waals surface area contributed by atoms with Crippen molar-refractivity contribution >= 4 is 26.8 Å². The molecule has 34 heavy (non-hydrogen) atoms. The van der Waals surface area contributed by atoms with E-state index >= 15 is 0 Å². The van der Waals surface area contributed by atoms with Crippen molar-refractivity contribution < 1.29 is 33.6 Å². The first-order chi connectivity index (χ1) is 16.4. The van der Waals surface area contributed by atoms with Gasteiger partial charge in [0.1, 0.15) is 12.7 Å². The van der Waals surface area contributed by atoms with E-state index in [9.17, 15) is 14.4 Å². The van der Waals surface area contributed by atoms with Crippen LogP contribution in [0, 0.1) is 11.8 Å². The van der Waals surface area contributed by atoms with Gasteiger partial charge in [0.2, 0.25) is 8.53 Å². The van der Waals surface area contributed by atoms with Gasteiger partial charge in [-0.2, -0.15) is 0 Å². The van der Waals surface area contributed by atoms with Crippen LogP contribution >= 0.6 is 8.53 Å². The third-order valence-corrected chi connectivity index (χ3v) is 4.09. The van der Waals surface area contributed by atoms with Crippen LogP contribution in [0.2, 0.25) is 0 Å². The van der Waals surface area contributed by atoms with Gasteiger partial charge in [0, 0.05) is 18.2 Å². The monoisotopic (exact) mass is 482 g/mol. The number of aromatic nitrogens is 1. The molecule has 1 heterocycles. The number of aldehydes is 1. The first-order valence-electron chi connectivity index (χ1n) is 9.92. The van der Waals surface area contributed by atoms with E-state index < -0.39 is 26.6 Å². The topological polar surface area (TPSA) is 152 Å². The van der Waals surface area contributed by atoms with Crippen LogP contribution in [0.15, 0.2) is 72.9 Å². The SMILES string of the molecule is NP(O)O.O=Cc1cc(C#CC[C@@H](COC(=O)c2ccccc2)OC(=O)c2ccccc2)c[nH]1. The molecule has 0 spiro atoms. The van der Waals surface area contributed by atoms with Gasteiger partial charge in [-0.25, -0.2) is 9.59 Å². The largest absolute Gasteiger partial charge is 0.458 e.